The van der Waals surface area contributed by atoms with E-state index in [0.29, 0.717) is 33.5 Å². The minimum absolute atomic E-state index is 0. The first kappa shape index (κ1) is 68.1. The van der Waals surface area contributed by atoms with Crippen molar-refractivity contribution < 1.29 is 92.4 Å². The zero-order valence-corrected chi connectivity index (χ0v) is 47.6. The summed E-state index contributed by atoms with van der Waals surface area (Å²) in [5, 5.41) is 70.8. The Morgan fingerprint density at radius 1 is 0.828 bits per heavy atom. The van der Waals surface area contributed by atoms with Gasteiger partial charge in [0.05, 0.1) is 53.8 Å². The number of imide groups is 1. The monoisotopic (exact) mass is 1220 g/mol. The third kappa shape index (κ3) is 16.3. The second kappa shape index (κ2) is 30.0. The molecule has 26 nitrogen and oxygen atoms in total. The van der Waals surface area contributed by atoms with Gasteiger partial charge in [-0.15, -0.1) is 0 Å². The van der Waals surface area contributed by atoms with Gasteiger partial charge in [-0.1, -0.05) is 51.6 Å². The number of hydrogen-bond acceptors (Lipinski definition) is 20. The summed E-state index contributed by atoms with van der Waals surface area (Å²) in [5.41, 5.74) is 0.549. The molecule has 4 aromatic rings. The number of aromatic nitrogens is 2. The molecule has 7 rings (SSSR count). The minimum Gasteiger partial charge on any atom is -0.458 e. The van der Waals surface area contributed by atoms with Crippen molar-refractivity contribution in [2.24, 2.45) is 5.92 Å². The lowest BCUT2D eigenvalue weighted by atomic mass is 9.86. The van der Waals surface area contributed by atoms with Gasteiger partial charge in [-0.3, -0.25) is 52.8 Å². The van der Waals surface area contributed by atoms with Crippen molar-refractivity contribution in [1.29, 1.82) is 0 Å². The number of benzene rings is 2. The number of ether oxygens (including phenoxy) is 2. The third-order valence-electron chi connectivity index (χ3n) is 15.7. The molecule has 470 valence electrons. The van der Waals surface area contributed by atoms with Crippen molar-refractivity contribution in [1.82, 2.24) is 35.7 Å². The summed E-state index contributed by atoms with van der Waals surface area (Å²) < 4.78 is 27.4. The van der Waals surface area contributed by atoms with E-state index in [9.17, 15) is 78.3 Å². The quantitative estimate of drug-likeness (QED) is 0.0118. The topological polar surface area (TPSA) is 397 Å². The van der Waals surface area contributed by atoms with Crippen LogP contribution in [0.5, 0.6) is 0 Å². The van der Waals surface area contributed by atoms with Crippen molar-refractivity contribution in [2.75, 3.05) is 26.5 Å². The van der Waals surface area contributed by atoms with Crippen molar-refractivity contribution in [3.8, 4) is 11.4 Å². The molecule has 1 fully saturated rings. The Balaban J connectivity index is 0.0000121. The van der Waals surface area contributed by atoms with E-state index in [2.05, 4.69) is 21.3 Å². The molecule has 6 amide bonds. The highest BCUT2D eigenvalue weighted by molar-refractivity contribution is 6.06. The number of ketones is 3. The molecular weight excluding hydrogens is 1140 g/mol. The number of carbonyl (C=O) groups excluding carboxylic acids is 10. The molecule has 87 heavy (non-hydrogen) atoms. The number of aliphatic hydroxyl groups is 6. The molecule has 0 radical (unpaired) electrons. The summed E-state index contributed by atoms with van der Waals surface area (Å²) in [4.78, 5) is 149. The van der Waals surface area contributed by atoms with Crippen LogP contribution in [0.2, 0.25) is 0 Å². The summed E-state index contributed by atoms with van der Waals surface area (Å²) in [5.74, 6) is -8.16. The van der Waals surface area contributed by atoms with E-state index in [1.54, 1.807) is 49.4 Å². The summed E-state index contributed by atoms with van der Waals surface area (Å²) >= 11 is 0. The van der Waals surface area contributed by atoms with Crippen LogP contribution >= 0.6 is 0 Å². The molecule has 0 bridgehead atoms. The molecule has 1 saturated heterocycles. The maximum Gasteiger partial charge on any atom is 0.343 e. The maximum atomic E-state index is 15.4. The number of carbonyl (C=O) groups is 10. The van der Waals surface area contributed by atoms with Crippen LogP contribution in [0.25, 0.3) is 22.3 Å². The number of aliphatic hydroxyl groups excluding tert-OH is 5. The molecule has 0 spiro atoms. The molecule has 5 heterocycles. The van der Waals surface area contributed by atoms with Crippen molar-refractivity contribution in [3.05, 3.63) is 98.1 Å². The number of nitrogens with one attached hydrogen (secondary N) is 4. The fraction of sp³-hybridized carbons (Fsp3) is 0.500. The van der Waals surface area contributed by atoms with E-state index in [1.807, 2.05) is 0 Å². The first-order valence-electron chi connectivity index (χ1n) is 28.1. The molecule has 3 aliphatic heterocycles. The lowest BCUT2D eigenvalue weighted by molar-refractivity contribution is -0.172. The normalized spacial score (nSPS) is 18.0. The minimum atomic E-state index is -2.03. The molecule has 8 atom stereocenters. The smallest absolute Gasteiger partial charge is 0.343 e. The molecule has 0 aliphatic carbocycles. The molecule has 3 aliphatic rings. The van der Waals surface area contributed by atoms with Gasteiger partial charge < -0.3 is 65.9 Å². The van der Waals surface area contributed by atoms with E-state index < -0.39 is 164 Å². The Morgan fingerprint density at radius 3 is 2.15 bits per heavy atom. The average molecular weight is 1220 g/mol. The fourth-order valence-corrected chi connectivity index (χ4v) is 10.5. The first-order valence-corrected chi connectivity index (χ1v) is 28.1. The number of halogens is 1. The Bertz CT molecular complexity index is 3360. The number of hydrogen-bond donors (Lipinski definition) is 10. The molecule has 2 aromatic heterocycles. The van der Waals surface area contributed by atoms with Gasteiger partial charge in [-0.25, -0.2) is 14.2 Å². The number of amides is 6. The average Bonchev–Trinajstić information content (AvgIpc) is 1.68. The molecule has 27 heteroatoms. The second-order valence-corrected chi connectivity index (χ2v) is 21.7. The standard InChI is InChI=1S/C59H70FN7O19.CH4/c1-4-59(84)38-21-43-53-33(24-66(43)57(82)37(38)27-86-58(59)83)20-35-36(31(3)39(60)22-41(35)65-53)23-61-51(77)28-85-29-62-48(74)16-14-45(71)42(19-32-8-6-5-7-9-32)64-49(75)17-15-44(70)40(63-50(76)25-67-52(78)18-30(2)56(67)81)12-10-34(69)11-13-46(72)54(79)55(80)47(73)26-68;/h5-9,20-22,30,40,42,46-47,54-55,68,72-73,79-80,84H,4,10-19,23-29H2,1-3H3,(H,61,77)(H,62,74)(H,63,76)(H,64,75);1H4/t30?,40-,42-,46-,47+,54+,55+,59-;/m0./s1. The Hall–Kier alpha value is -8.05. The fourth-order valence-electron chi connectivity index (χ4n) is 10.5. The SMILES string of the molecule is C.CC[C@@]1(O)C(=O)OCc2c1cc1n(c2=O)Cc2cc3c(CNC(=O)COCNC(=O)CCC(=O)[C@H](Cc4ccccc4)NC(=O)CCC(=O)[C@H](CCC(=O)CC[C@H](O)[C@@H](O)[C@H](O)[C@H](O)CO)NC(=O)CN4C(=O)CC(C)C4=O)c(C)c(F)cc3nc2-1. The van der Waals surface area contributed by atoms with Crippen molar-refractivity contribution in [2.45, 2.75) is 161 Å². The highest BCUT2D eigenvalue weighted by atomic mass is 19.1. The van der Waals surface area contributed by atoms with Crippen LogP contribution in [-0.4, -0.2) is 167 Å². The predicted octanol–water partition coefficient (Wildman–Crippen LogP) is -0.259. The van der Waals surface area contributed by atoms with Gasteiger partial charge in [0, 0.05) is 80.0 Å². The molecule has 10 N–H and O–H groups in total. The maximum absolute atomic E-state index is 15.4. The molecule has 1 unspecified atom stereocenters. The van der Waals surface area contributed by atoms with E-state index in [4.69, 9.17) is 19.6 Å². The summed E-state index contributed by atoms with van der Waals surface area (Å²) in [6, 6.07) is 10.5. The van der Waals surface area contributed by atoms with Crippen LogP contribution in [0.15, 0.2) is 53.3 Å². The lowest BCUT2D eigenvalue weighted by Crippen LogP contribution is -2.47. The summed E-state index contributed by atoms with van der Waals surface area (Å²) in [6.45, 7) is 1.62. The van der Waals surface area contributed by atoms with Crippen LogP contribution in [0.4, 0.5) is 4.39 Å². The number of pyridine rings is 2. The summed E-state index contributed by atoms with van der Waals surface area (Å²) in [7, 11) is 0. The van der Waals surface area contributed by atoms with E-state index in [-0.39, 0.29) is 101 Å². The summed E-state index contributed by atoms with van der Waals surface area (Å²) in [6.07, 6.45) is -10.8. The molecule has 0 saturated carbocycles. The predicted molar refractivity (Wildman–Crippen MR) is 304 cm³/mol. The lowest BCUT2D eigenvalue weighted by Gasteiger charge is -2.31. The number of cyclic esters (lactones) is 1. The largest absolute Gasteiger partial charge is 0.458 e. The van der Waals surface area contributed by atoms with E-state index in [1.165, 1.54) is 24.5 Å². The van der Waals surface area contributed by atoms with Gasteiger partial charge in [0.15, 0.2) is 17.2 Å². The van der Waals surface area contributed by atoms with E-state index >= 15 is 4.39 Å². The van der Waals surface area contributed by atoms with Gasteiger partial charge in [0.2, 0.25) is 35.4 Å². The van der Waals surface area contributed by atoms with Crippen molar-refractivity contribution in [3.63, 3.8) is 0 Å². The van der Waals surface area contributed by atoms with E-state index in [0.717, 1.165) is 4.90 Å². The van der Waals surface area contributed by atoms with Crippen molar-refractivity contribution >= 4 is 69.7 Å². The zero-order valence-electron chi connectivity index (χ0n) is 47.6. The number of fused-ring (bicyclic) bond motifs is 5. The molecular formula is C60H74FN7O19. The Kier molecular flexibility index (Phi) is 23.5. The number of Topliss-reactive ketones (excluding diaryl/α,β-unsaturated/α-hetero) is 3. The van der Waals surface area contributed by atoms with Gasteiger partial charge in [-0.05, 0) is 61.4 Å². The molecule has 2 aromatic carbocycles. The first-order chi connectivity index (χ1) is 40.8. The number of esters is 1. The van der Waals surface area contributed by atoms with Gasteiger partial charge in [-0.2, -0.15) is 0 Å². The van der Waals surface area contributed by atoms with Gasteiger partial charge in [0.1, 0.15) is 56.4 Å². The third-order valence-corrected chi connectivity index (χ3v) is 15.7. The highest BCUT2D eigenvalue weighted by Crippen LogP contribution is 2.39. The van der Waals surface area contributed by atoms with Crippen LogP contribution in [0.3, 0.4) is 0 Å². The van der Waals surface area contributed by atoms with Crippen LogP contribution in [-0.2, 0) is 89.1 Å². The van der Waals surface area contributed by atoms with Gasteiger partial charge >= 0.3 is 5.97 Å². The zero-order chi connectivity index (χ0) is 62.7. The number of nitrogens with zero attached hydrogens (tertiary/aromatic N) is 3. The highest BCUT2D eigenvalue weighted by Gasteiger charge is 2.46. The second-order valence-electron chi connectivity index (χ2n) is 21.7. The van der Waals surface area contributed by atoms with Gasteiger partial charge in [0.25, 0.3) is 5.56 Å². The Labute approximate surface area is 498 Å². The van der Waals surface area contributed by atoms with Crippen LogP contribution < -0.4 is 26.8 Å². The van der Waals surface area contributed by atoms with Crippen LogP contribution in [0.1, 0.15) is 119 Å². The number of rotatable bonds is 31. The Morgan fingerprint density at radius 2 is 1.48 bits per heavy atom. The van der Waals surface area contributed by atoms with Crippen LogP contribution in [0, 0.1) is 18.7 Å². The number of likely N-dealkylation sites (tertiary alicyclic amines) is 1.